The molecular formula is C11H18O. The molecule has 0 aliphatic heterocycles. The van der Waals surface area contributed by atoms with Gasteiger partial charge in [-0.05, 0) is 31.3 Å². The van der Waals surface area contributed by atoms with E-state index < -0.39 is 0 Å². The van der Waals surface area contributed by atoms with Crippen LogP contribution in [0.1, 0.15) is 33.1 Å². The summed E-state index contributed by atoms with van der Waals surface area (Å²) in [5.74, 6) is 0.643. The van der Waals surface area contributed by atoms with Crippen molar-refractivity contribution in [1.82, 2.24) is 0 Å². The summed E-state index contributed by atoms with van der Waals surface area (Å²) in [5, 5.41) is 0. The zero-order valence-corrected chi connectivity index (χ0v) is 7.99. The lowest BCUT2D eigenvalue weighted by Gasteiger charge is -2.02. The molecule has 1 heteroatoms. The van der Waals surface area contributed by atoms with Crippen LogP contribution in [0, 0.1) is 5.92 Å². The Kier molecular flexibility index (Phi) is 7.66. The second-order valence-corrected chi connectivity index (χ2v) is 3.02. The summed E-state index contributed by atoms with van der Waals surface area (Å²) in [6.45, 7) is 4.32. The van der Waals surface area contributed by atoms with Gasteiger partial charge in [0, 0.05) is 0 Å². The Morgan fingerprint density at radius 1 is 1.17 bits per heavy atom. The minimum Gasteiger partial charge on any atom is -0.299 e. The van der Waals surface area contributed by atoms with Crippen LogP contribution in [0.4, 0.5) is 0 Å². The first kappa shape index (κ1) is 11.2. The molecule has 12 heavy (non-hydrogen) atoms. The maximum atomic E-state index is 9.95. The van der Waals surface area contributed by atoms with Crippen LogP contribution in [-0.4, -0.2) is 6.29 Å². The Balaban J connectivity index is 3.45. The lowest BCUT2D eigenvalue weighted by atomic mass is 10.0. The molecule has 0 radical (unpaired) electrons. The molecule has 0 aromatic carbocycles. The number of allylic oxidation sites excluding steroid dienone is 4. The predicted octanol–water partition coefficient (Wildman–Crippen LogP) is 3.12. The summed E-state index contributed by atoms with van der Waals surface area (Å²) in [6, 6.07) is 0. The third kappa shape index (κ3) is 7.26. The number of aldehydes is 1. The second kappa shape index (κ2) is 8.25. The first-order valence-electron chi connectivity index (χ1n) is 4.56. The van der Waals surface area contributed by atoms with Crippen molar-refractivity contribution in [3.63, 3.8) is 0 Å². The van der Waals surface area contributed by atoms with Crippen LogP contribution in [0.3, 0.4) is 0 Å². The van der Waals surface area contributed by atoms with Crippen molar-refractivity contribution in [1.29, 1.82) is 0 Å². The molecule has 0 saturated carbocycles. The molecule has 0 bridgehead atoms. The molecule has 0 amide bonds. The third-order valence-corrected chi connectivity index (χ3v) is 1.69. The molecule has 0 aromatic heterocycles. The highest BCUT2D eigenvalue weighted by atomic mass is 16.1. The van der Waals surface area contributed by atoms with E-state index in [1.54, 1.807) is 6.08 Å². The smallest absolute Gasteiger partial charge is 0.142 e. The van der Waals surface area contributed by atoms with Crippen LogP contribution in [0.25, 0.3) is 0 Å². The van der Waals surface area contributed by atoms with E-state index in [1.165, 1.54) is 0 Å². The van der Waals surface area contributed by atoms with Crippen molar-refractivity contribution in [3.8, 4) is 0 Å². The molecule has 0 saturated heterocycles. The Morgan fingerprint density at radius 3 is 2.42 bits per heavy atom. The van der Waals surface area contributed by atoms with Gasteiger partial charge in [-0.3, -0.25) is 4.79 Å². The summed E-state index contributed by atoms with van der Waals surface area (Å²) in [6.07, 6.45) is 11.9. The quantitative estimate of drug-likeness (QED) is 0.336. The molecular weight excluding hydrogens is 148 g/mol. The minimum atomic E-state index is 0.643. The highest BCUT2D eigenvalue weighted by molar-refractivity contribution is 5.64. The molecule has 0 heterocycles. The number of carbonyl (C=O) groups excluding carboxylic acids is 1. The summed E-state index contributed by atoms with van der Waals surface area (Å²) in [4.78, 5) is 9.95. The summed E-state index contributed by atoms with van der Waals surface area (Å²) >= 11 is 0. The van der Waals surface area contributed by atoms with E-state index in [0.717, 1.165) is 25.5 Å². The number of hydrogen-bond acceptors (Lipinski definition) is 1. The molecule has 0 aromatic rings. The molecule has 0 spiro atoms. The largest absolute Gasteiger partial charge is 0.299 e. The fourth-order valence-electron chi connectivity index (χ4n) is 0.958. The molecule has 1 unspecified atom stereocenters. The molecule has 0 aliphatic rings. The topological polar surface area (TPSA) is 17.1 Å². The van der Waals surface area contributed by atoms with E-state index >= 15 is 0 Å². The van der Waals surface area contributed by atoms with Crippen LogP contribution in [0.2, 0.25) is 0 Å². The molecule has 0 N–H and O–H groups in total. The molecule has 0 fully saturated rings. The van der Waals surface area contributed by atoms with Crippen molar-refractivity contribution >= 4 is 6.29 Å². The Labute approximate surface area is 75.2 Å². The van der Waals surface area contributed by atoms with Gasteiger partial charge < -0.3 is 0 Å². The fourth-order valence-corrected chi connectivity index (χ4v) is 0.958. The first-order chi connectivity index (χ1) is 5.81. The number of carbonyl (C=O) groups is 1. The molecule has 0 rings (SSSR count). The highest BCUT2D eigenvalue weighted by Crippen LogP contribution is 2.08. The first-order valence-corrected chi connectivity index (χ1v) is 4.56. The maximum Gasteiger partial charge on any atom is 0.142 e. The zero-order chi connectivity index (χ0) is 9.23. The zero-order valence-electron chi connectivity index (χ0n) is 7.99. The molecule has 1 atom stereocenters. The van der Waals surface area contributed by atoms with Crippen LogP contribution >= 0.6 is 0 Å². The van der Waals surface area contributed by atoms with Gasteiger partial charge in [0.2, 0.25) is 0 Å². The molecule has 1 nitrogen and oxygen atoms in total. The van der Waals surface area contributed by atoms with Gasteiger partial charge in [-0.25, -0.2) is 0 Å². The van der Waals surface area contributed by atoms with Crippen molar-refractivity contribution in [2.75, 3.05) is 0 Å². The van der Waals surface area contributed by atoms with Crippen LogP contribution < -0.4 is 0 Å². The van der Waals surface area contributed by atoms with Crippen molar-refractivity contribution < 1.29 is 4.79 Å². The molecule has 68 valence electrons. The van der Waals surface area contributed by atoms with Crippen molar-refractivity contribution in [3.05, 3.63) is 24.3 Å². The highest BCUT2D eigenvalue weighted by Gasteiger charge is 1.94. The van der Waals surface area contributed by atoms with E-state index in [1.807, 2.05) is 6.08 Å². The average molecular weight is 166 g/mol. The normalized spacial score (nSPS) is 14.2. The monoisotopic (exact) mass is 166 g/mol. The lowest BCUT2D eigenvalue weighted by Crippen LogP contribution is -1.89. The van der Waals surface area contributed by atoms with Gasteiger partial charge in [0.1, 0.15) is 6.29 Å². The van der Waals surface area contributed by atoms with E-state index in [-0.39, 0.29) is 0 Å². The molecule has 0 aliphatic carbocycles. The van der Waals surface area contributed by atoms with E-state index in [9.17, 15) is 4.79 Å². The van der Waals surface area contributed by atoms with E-state index in [0.29, 0.717) is 5.92 Å². The van der Waals surface area contributed by atoms with Crippen molar-refractivity contribution in [2.45, 2.75) is 33.1 Å². The predicted molar refractivity (Wildman–Crippen MR) is 53.0 cm³/mol. The summed E-state index contributed by atoms with van der Waals surface area (Å²) in [7, 11) is 0. The third-order valence-electron chi connectivity index (χ3n) is 1.69. The Bertz CT molecular complexity index is 156. The minimum absolute atomic E-state index is 0.643. The Morgan fingerprint density at radius 2 is 1.83 bits per heavy atom. The summed E-state index contributed by atoms with van der Waals surface area (Å²) in [5.41, 5.74) is 0. The van der Waals surface area contributed by atoms with E-state index in [2.05, 4.69) is 26.0 Å². The van der Waals surface area contributed by atoms with Gasteiger partial charge in [-0.1, -0.05) is 32.1 Å². The van der Waals surface area contributed by atoms with Gasteiger partial charge in [-0.15, -0.1) is 0 Å². The Hall–Kier alpha value is -0.850. The maximum absolute atomic E-state index is 9.95. The van der Waals surface area contributed by atoms with Crippen LogP contribution in [0.15, 0.2) is 24.3 Å². The van der Waals surface area contributed by atoms with Crippen LogP contribution in [0.5, 0.6) is 0 Å². The van der Waals surface area contributed by atoms with Gasteiger partial charge in [-0.2, -0.15) is 0 Å². The van der Waals surface area contributed by atoms with Gasteiger partial charge in [0.05, 0.1) is 0 Å². The van der Waals surface area contributed by atoms with Gasteiger partial charge >= 0.3 is 0 Å². The van der Waals surface area contributed by atoms with E-state index in [4.69, 9.17) is 0 Å². The number of rotatable bonds is 6. The van der Waals surface area contributed by atoms with Gasteiger partial charge in [0.25, 0.3) is 0 Å². The average Bonchev–Trinajstić information content (AvgIpc) is 2.06. The summed E-state index contributed by atoms with van der Waals surface area (Å²) < 4.78 is 0. The standard InChI is InChI=1S/C11H18O/c1-3-4-5-8-11(2)9-6-7-10-12/h4-7,10-11H,3,8-9H2,1-2H3/b5-4-,7-6+. The van der Waals surface area contributed by atoms with Crippen LogP contribution in [-0.2, 0) is 4.79 Å². The van der Waals surface area contributed by atoms with Crippen molar-refractivity contribution in [2.24, 2.45) is 5.92 Å². The fraction of sp³-hybridized carbons (Fsp3) is 0.545. The lowest BCUT2D eigenvalue weighted by molar-refractivity contribution is -0.104. The second-order valence-electron chi connectivity index (χ2n) is 3.02. The number of hydrogen-bond donors (Lipinski definition) is 0. The SMILES string of the molecule is CC/C=C\CC(C)C/C=C/C=O. The van der Waals surface area contributed by atoms with Gasteiger partial charge in [0.15, 0.2) is 0 Å².